The van der Waals surface area contributed by atoms with Crippen LogP contribution in [-0.2, 0) is 0 Å². The molecule has 0 aromatic carbocycles. The lowest BCUT2D eigenvalue weighted by molar-refractivity contribution is 0.00746. The fraction of sp³-hybridized carbons (Fsp3) is 0.588. The molecule has 4 aliphatic carbocycles. The molecule has 7 heteroatoms. The maximum Gasteiger partial charge on any atom is 0.339 e. The summed E-state index contributed by atoms with van der Waals surface area (Å²) in [7, 11) is 0. The summed E-state index contributed by atoms with van der Waals surface area (Å²) >= 11 is 0. The predicted octanol–water partition coefficient (Wildman–Crippen LogP) is 1.70. The number of carboxylic acid groups (broad SMARTS) is 1. The highest BCUT2D eigenvalue weighted by atomic mass is 16.4. The van der Waals surface area contributed by atoms with Crippen molar-refractivity contribution in [3.63, 3.8) is 0 Å². The van der Waals surface area contributed by atoms with Gasteiger partial charge in [0.1, 0.15) is 16.9 Å². The van der Waals surface area contributed by atoms with Crippen molar-refractivity contribution >= 4 is 23.4 Å². The molecule has 0 unspecified atom stereocenters. The minimum Gasteiger partial charge on any atom is -0.478 e. The summed E-state index contributed by atoms with van der Waals surface area (Å²) < 4.78 is 0. The third-order valence-electron chi connectivity index (χ3n) is 6.12. The molecule has 0 aliphatic heterocycles. The Hall–Kier alpha value is -2.31. The van der Waals surface area contributed by atoms with Crippen molar-refractivity contribution in [2.24, 2.45) is 29.4 Å². The summed E-state index contributed by atoms with van der Waals surface area (Å²) in [5.41, 5.74) is 11.4. The van der Waals surface area contributed by atoms with Crippen LogP contribution in [0.5, 0.6) is 0 Å². The molecule has 0 saturated heterocycles. The van der Waals surface area contributed by atoms with Gasteiger partial charge in [-0.2, -0.15) is 0 Å². The first-order valence-corrected chi connectivity index (χ1v) is 8.52. The van der Waals surface area contributed by atoms with Gasteiger partial charge in [0.2, 0.25) is 0 Å². The number of primary amides is 1. The number of nitrogens with one attached hydrogen (secondary N) is 1. The molecular weight excluding hydrogens is 308 g/mol. The number of aromatic nitrogens is 1. The molecule has 4 fully saturated rings. The van der Waals surface area contributed by atoms with Crippen LogP contribution in [0.25, 0.3) is 0 Å². The molecular formula is C17H22N4O3. The van der Waals surface area contributed by atoms with Crippen molar-refractivity contribution in [2.45, 2.75) is 38.1 Å². The molecule has 6 N–H and O–H groups in total. The molecule has 128 valence electrons. The number of carboxylic acids is 1. The predicted molar refractivity (Wildman–Crippen MR) is 88.6 cm³/mol. The van der Waals surface area contributed by atoms with Gasteiger partial charge in [0.15, 0.2) is 0 Å². The second-order valence-corrected chi connectivity index (χ2v) is 7.58. The van der Waals surface area contributed by atoms with Crippen LogP contribution in [0.1, 0.15) is 52.8 Å². The molecule has 1 amide bonds. The SMILES string of the molecule is NC(=O)c1c(N)ncc(C(=O)O)c1NC1C2CC3CC(C2)CC1C3. The maximum absolute atomic E-state index is 11.8. The number of anilines is 2. The number of pyridine rings is 1. The average Bonchev–Trinajstić information content (AvgIpc) is 2.49. The first kappa shape index (κ1) is 15.2. The minimum atomic E-state index is -1.14. The van der Waals surface area contributed by atoms with E-state index < -0.39 is 11.9 Å². The molecule has 24 heavy (non-hydrogen) atoms. The summed E-state index contributed by atoms with van der Waals surface area (Å²) in [5.74, 6) is 0.741. The largest absolute Gasteiger partial charge is 0.478 e. The van der Waals surface area contributed by atoms with Gasteiger partial charge in [0.25, 0.3) is 5.91 Å². The van der Waals surface area contributed by atoms with E-state index in [9.17, 15) is 14.7 Å². The van der Waals surface area contributed by atoms with E-state index in [0.717, 1.165) is 11.8 Å². The Morgan fingerprint density at radius 2 is 1.71 bits per heavy atom. The lowest BCUT2D eigenvalue weighted by Crippen LogP contribution is -2.51. The number of aromatic carboxylic acids is 1. The number of nitrogens with zero attached hydrogens (tertiary/aromatic N) is 1. The number of rotatable bonds is 4. The normalized spacial score (nSPS) is 33.4. The van der Waals surface area contributed by atoms with E-state index >= 15 is 0 Å². The second kappa shape index (κ2) is 5.36. The van der Waals surface area contributed by atoms with Gasteiger partial charge >= 0.3 is 5.97 Å². The average molecular weight is 330 g/mol. The number of carbonyl (C=O) groups excluding carboxylic acids is 1. The van der Waals surface area contributed by atoms with E-state index in [-0.39, 0.29) is 28.7 Å². The Kier molecular flexibility index (Phi) is 3.40. The third kappa shape index (κ3) is 2.30. The Morgan fingerprint density at radius 1 is 1.12 bits per heavy atom. The first-order chi connectivity index (χ1) is 11.4. The molecule has 4 bridgehead atoms. The Morgan fingerprint density at radius 3 is 2.21 bits per heavy atom. The van der Waals surface area contributed by atoms with Crippen molar-refractivity contribution in [2.75, 3.05) is 11.1 Å². The number of nitrogens with two attached hydrogens (primary N) is 2. The number of hydrogen-bond donors (Lipinski definition) is 4. The monoisotopic (exact) mass is 330 g/mol. The van der Waals surface area contributed by atoms with Crippen molar-refractivity contribution < 1.29 is 14.7 Å². The van der Waals surface area contributed by atoms with Crippen LogP contribution in [0.3, 0.4) is 0 Å². The smallest absolute Gasteiger partial charge is 0.339 e. The zero-order chi connectivity index (χ0) is 17.0. The molecule has 1 aromatic rings. The molecule has 0 atom stereocenters. The second-order valence-electron chi connectivity index (χ2n) is 7.58. The van der Waals surface area contributed by atoms with Gasteiger partial charge in [-0.05, 0) is 55.8 Å². The van der Waals surface area contributed by atoms with Crippen LogP contribution in [0.15, 0.2) is 6.20 Å². The highest BCUT2D eigenvalue weighted by Crippen LogP contribution is 2.54. The molecule has 7 nitrogen and oxygen atoms in total. The standard InChI is InChI=1S/C17H22N4O3/c18-15-12(16(19)22)14(11(6-20-15)17(23)24)21-13-9-2-7-1-8(4-9)5-10(13)3-7/h6-10,13H,1-5H2,(H2,19,22)(H,23,24)(H3,18,20,21). The van der Waals surface area contributed by atoms with Gasteiger partial charge in [0, 0.05) is 12.2 Å². The lowest BCUT2D eigenvalue weighted by Gasteiger charge is -2.54. The van der Waals surface area contributed by atoms with E-state index in [1.807, 2.05) is 0 Å². The first-order valence-electron chi connectivity index (χ1n) is 8.52. The van der Waals surface area contributed by atoms with Crippen LogP contribution in [0.4, 0.5) is 11.5 Å². The molecule has 1 aromatic heterocycles. The van der Waals surface area contributed by atoms with Gasteiger partial charge in [-0.3, -0.25) is 4.79 Å². The van der Waals surface area contributed by atoms with Gasteiger partial charge in [-0.25, -0.2) is 9.78 Å². The fourth-order valence-corrected chi connectivity index (χ4v) is 5.41. The quantitative estimate of drug-likeness (QED) is 0.664. The number of nitrogen functional groups attached to an aromatic ring is 1. The van der Waals surface area contributed by atoms with Crippen molar-refractivity contribution in [1.29, 1.82) is 0 Å². The molecule has 4 aliphatic rings. The molecule has 0 spiro atoms. The van der Waals surface area contributed by atoms with Gasteiger partial charge in [0.05, 0.1) is 5.69 Å². The Labute approximate surface area is 139 Å². The molecule has 0 radical (unpaired) electrons. The Bertz CT molecular complexity index is 690. The van der Waals surface area contributed by atoms with E-state index in [0.29, 0.717) is 11.8 Å². The molecule has 1 heterocycles. The topological polar surface area (TPSA) is 131 Å². The number of amides is 1. The van der Waals surface area contributed by atoms with Gasteiger partial charge in [-0.1, -0.05) is 0 Å². The summed E-state index contributed by atoms with van der Waals surface area (Å²) in [6, 6.07) is 0.177. The van der Waals surface area contributed by atoms with Crippen LogP contribution in [0, 0.1) is 23.7 Å². The van der Waals surface area contributed by atoms with Crippen LogP contribution in [0.2, 0.25) is 0 Å². The summed E-state index contributed by atoms with van der Waals surface area (Å²) in [6.07, 6.45) is 7.26. The minimum absolute atomic E-state index is 0.0105. The highest BCUT2D eigenvalue weighted by Gasteiger charge is 2.48. The summed E-state index contributed by atoms with van der Waals surface area (Å²) in [5, 5.41) is 12.8. The zero-order valence-electron chi connectivity index (χ0n) is 13.4. The van der Waals surface area contributed by atoms with Crippen LogP contribution < -0.4 is 16.8 Å². The van der Waals surface area contributed by atoms with E-state index in [4.69, 9.17) is 11.5 Å². The zero-order valence-corrected chi connectivity index (χ0v) is 13.4. The van der Waals surface area contributed by atoms with E-state index in [2.05, 4.69) is 10.3 Å². The third-order valence-corrected chi connectivity index (χ3v) is 6.12. The maximum atomic E-state index is 11.8. The fourth-order valence-electron chi connectivity index (χ4n) is 5.41. The van der Waals surface area contributed by atoms with Crippen LogP contribution in [-0.4, -0.2) is 28.0 Å². The van der Waals surface area contributed by atoms with Crippen molar-refractivity contribution in [1.82, 2.24) is 4.98 Å². The number of carbonyl (C=O) groups is 2. The molecule has 5 rings (SSSR count). The van der Waals surface area contributed by atoms with Crippen molar-refractivity contribution in [3.8, 4) is 0 Å². The lowest BCUT2D eigenvalue weighted by atomic mass is 9.54. The summed E-state index contributed by atoms with van der Waals surface area (Å²) in [6.45, 7) is 0. The van der Waals surface area contributed by atoms with Gasteiger partial charge < -0.3 is 21.9 Å². The van der Waals surface area contributed by atoms with E-state index in [1.54, 1.807) is 0 Å². The Balaban J connectivity index is 1.72. The number of hydrogen-bond acceptors (Lipinski definition) is 5. The van der Waals surface area contributed by atoms with Gasteiger partial charge in [-0.15, -0.1) is 0 Å². The molecule has 4 saturated carbocycles. The highest BCUT2D eigenvalue weighted by molar-refractivity contribution is 6.08. The van der Waals surface area contributed by atoms with Crippen LogP contribution >= 0.6 is 0 Å². The van der Waals surface area contributed by atoms with E-state index in [1.165, 1.54) is 38.3 Å². The van der Waals surface area contributed by atoms with Crippen molar-refractivity contribution in [3.05, 3.63) is 17.3 Å². The summed E-state index contributed by atoms with van der Waals surface area (Å²) in [4.78, 5) is 27.2.